The van der Waals surface area contributed by atoms with Crippen LogP contribution in [0.25, 0.3) is 0 Å². The van der Waals surface area contributed by atoms with Gasteiger partial charge in [-0.05, 0) is 25.0 Å². The molecule has 0 saturated carbocycles. The van der Waals surface area contributed by atoms with Gasteiger partial charge < -0.3 is 19.7 Å². The Morgan fingerprint density at radius 1 is 1.12 bits per heavy atom. The van der Waals surface area contributed by atoms with Gasteiger partial charge in [-0.25, -0.2) is 4.79 Å². The third kappa shape index (κ3) is 5.57. The van der Waals surface area contributed by atoms with E-state index in [-0.39, 0.29) is 30.8 Å². The molecular weight excluding hydrogens is 312 g/mol. The third-order valence-corrected chi connectivity index (χ3v) is 3.89. The number of methoxy groups -OCH3 is 1. The number of rotatable bonds is 5. The lowest BCUT2D eigenvalue weighted by molar-refractivity contribution is -0.143. The molecule has 1 aliphatic heterocycles. The van der Waals surface area contributed by atoms with Gasteiger partial charge >= 0.3 is 12.1 Å². The smallest absolute Gasteiger partial charge is 0.412 e. The summed E-state index contributed by atoms with van der Waals surface area (Å²) < 4.78 is 9.71. The second kappa shape index (κ2) is 8.90. The molecule has 1 aliphatic rings. The Bertz CT molecular complexity index is 568. The Morgan fingerprint density at radius 2 is 1.79 bits per heavy atom. The van der Waals surface area contributed by atoms with E-state index in [4.69, 9.17) is 4.74 Å². The van der Waals surface area contributed by atoms with E-state index in [9.17, 15) is 14.4 Å². The van der Waals surface area contributed by atoms with Crippen molar-refractivity contribution in [2.45, 2.75) is 31.7 Å². The largest absolute Gasteiger partial charge is 0.469 e. The van der Waals surface area contributed by atoms with Gasteiger partial charge in [-0.1, -0.05) is 18.2 Å². The first-order valence-electron chi connectivity index (χ1n) is 7.96. The number of hydrogen-bond donors (Lipinski definition) is 1. The molecule has 0 spiro atoms. The molecule has 24 heavy (non-hydrogen) atoms. The van der Waals surface area contributed by atoms with Gasteiger partial charge in [-0.2, -0.15) is 0 Å². The highest BCUT2D eigenvalue weighted by atomic mass is 16.6. The van der Waals surface area contributed by atoms with Crippen LogP contribution in [0.4, 0.5) is 4.79 Å². The van der Waals surface area contributed by atoms with E-state index < -0.39 is 6.09 Å². The van der Waals surface area contributed by atoms with E-state index in [2.05, 4.69) is 10.1 Å². The highest BCUT2D eigenvalue weighted by molar-refractivity contribution is 5.81. The quantitative estimate of drug-likeness (QED) is 0.829. The molecule has 130 valence electrons. The molecule has 1 saturated heterocycles. The number of nitrogens with zero attached hydrogens (tertiary/aromatic N) is 1. The first-order valence-corrected chi connectivity index (χ1v) is 7.96. The van der Waals surface area contributed by atoms with Crippen LogP contribution in [-0.4, -0.2) is 49.1 Å². The number of amides is 2. The molecule has 2 amide bonds. The number of para-hydroxylation sites is 1. The number of benzene rings is 1. The van der Waals surface area contributed by atoms with Crippen LogP contribution < -0.4 is 10.1 Å². The normalized spacial score (nSPS) is 14.8. The minimum atomic E-state index is -0.489. The Hall–Kier alpha value is -2.57. The minimum absolute atomic E-state index is 0.0223. The molecule has 1 N–H and O–H groups in total. The van der Waals surface area contributed by atoms with Crippen LogP contribution >= 0.6 is 0 Å². The SMILES string of the molecule is COC(=O)CCC(=O)N1CCC(NC(=O)Oc2ccccc2)CC1. The molecule has 7 heteroatoms. The Labute approximate surface area is 140 Å². The summed E-state index contributed by atoms with van der Waals surface area (Å²) in [6.45, 7) is 1.10. The van der Waals surface area contributed by atoms with Crippen molar-refractivity contribution in [2.24, 2.45) is 0 Å². The second-order valence-electron chi connectivity index (χ2n) is 5.58. The summed E-state index contributed by atoms with van der Waals surface area (Å²) in [4.78, 5) is 36.6. The van der Waals surface area contributed by atoms with Crippen molar-refractivity contribution < 1.29 is 23.9 Å². The standard InChI is InChI=1S/C17H22N2O5/c1-23-16(21)8-7-15(20)19-11-9-13(10-12-19)18-17(22)24-14-5-3-2-4-6-14/h2-6,13H,7-12H2,1H3,(H,18,22). The first kappa shape index (κ1) is 17.8. The first-order chi connectivity index (χ1) is 11.6. The third-order valence-electron chi connectivity index (χ3n) is 3.89. The zero-order valence-electron chi connectivity index (χ0n) is 13.7. The summed E-state index contributed by atoms with van der Waals surface area (Å²) >= 11 is 0. The maximum atomic E-state index is 12.0. The maximum Gasteiger partial charge on any atom is 0.412 e. The number of likely N-dealkylation sites (tertiary alicyclic amines) is 1. The Kier molecular flexibility index (Phi) is 6.60. The lowest BCUT2D eigenvalue weighted by Crippen LogP contribution is -2.47. The lowest BCUT2D eigenvalue weighted by atomic mass is 10.0. The molecular formula is C17H22N2O5. The van der Waals surface area contributed by atoms with Gasteiger partial charge in [0.25, 0.3) is 0 Å². The fourth-order valence-corrected chi connectivity index (χ4v) is 2.53. The van der Waals surface area contributed by atoms with Crippen LogP contribution in [0.3, 0.4) is 0 Å². The van der Waals surface area contributed by atoms with Crippen LogP contribution in [0.1, 0.15) is 25.7 Å². The molecule has 0 bridgehead atoms. The molecule has 7 nitrogen and oxygen atoms in total. The van der Waals surface area contributed by atoms with E-state index in [1.165, 1.54) is 7.11 Å². The van der Waals surface area contributed by atoms with E-state index in [1.54, 1.807) is 29.2 Å². The Morgan fingerprint density at radius 3 is 2.42 bits per heavy atom. The summed E-state index contributed by atoms with van der Waals surface area (Å²) in [7, 11) is 1.30. The number of carbonyl (C=O) groups excluding carboxylic acids is 3. The van der Waals surface area contributed by atoms with Crippen molar-refractivity contribution in [3.63, 3.8) is 0 Å². The maximum absolute atomic E-state index is 12.0. The van der Waals surface area contributed by atoms with E-state index >= 15 is 0 Å². The van der Waals surface area contributed by atoms with Crippen molar-refractivity contribution in [1.29, 1.82) is 0 Å². The lowest BCUT2D eigenvalue weighted by Gasteiger charge is -2.32. The predicted octanol–water partition coefficient (Wildman–Crippen LogP) is 1.72. The summed E-state index contributed by atoms with van der Waals surface area (Å²) in [6.07, 6.45) is 1.08. The van der Waals surface area contributed by atoms with Crippen molar-refractivity contribution >= 4 is 18.0 Å². The van der Waals surface area contributed by atoms with E-state index in [0.29, 0.717) is 31.7 Å². The van der Waals surface area contributed by atoms with Crippen molar-refractivity contribution in [2.75, 3.05) is 20.2 Å². The summed E-state index contributed by atoms with van der Waals surface area (Å²) in [5.74, 6) is 0.0414. The average molecular weight is 334 g/mol. The van der Waals surface area contributed by atoms with Crippen LogP contribution in [-0.2, 0) is 14.3 Å². The molecule has 0 aromatic heterocycles. The zero-order chi connectivity index (χ0) is 17.4. The fraction of sp³-hybridized carbons (Fsp3) is 0.471. The molecule has 0 radical (unpaired) electrons. The number of nitrogens with one attached hydrogen (secondary N) is 1. The van der Waals surface area contributed by atoms with Gasteiger partial charge in [-0.3, -0.25) is 9.59 Å². The van der Waals surface area contributed by atoms with Gasteiger partial charge in [0, 0.05) is 25.6 Å². The average Bonchev–Trinajstić information content (AvgIpc) is 2.60. The Balaban J connectivity index is 1.69. The number of piperidine rings is 1. The van der Waals surface area contributed by atoms with Crippen LogP contribution in [0.15, 0.2) is 30.3 Å². The van der Waals surface area contributed by atoms with Gasteiger partial charge in [0.1, 0.15) is 5.75 Å². The molecule has 1 heterocycles. The van der Waals surface area contributed by atoms with Gasteiger partial charge in [0.15, 0.2) is 0 Å². The molecule has 0 aliphatic carbocycles. The molecule has 2 rings (SSSR count). The van der Waals surface area contributed by atoms with Gasteiger partial charge in [0.05, 0.1) is 13.5 Å². The molecule has 1 aromatic rings. The van der Waals surface area contributed by atoms with Crippen molar-refractivity contribution in [3.8, 4) is 5.75 Å². The highest BCUT2D eigenvalue weighted by Gasteiger charge is 2.24. The second-order valence-corrected chi connectivity index (χ2v) is 5.58. The van der Waals surface area contributed by atoms with Crippen LogP contribution in [0.2, 0.25) is 0 Å². The molecule has 0 atom stereocenters. The minimum Gasteiger partial charge on any atom is -0.469 e. The monoisotopic (exact) mass is 334 g/mol. The van der Waals surface area contributed by atoms with Gasteiger partial charge in [0.2, 0.25) is 5.91 Å². The van der Waals surface area contributed by atoms with Crippen LogP contribution in [0, 0.1) is 0 Å². The van der Waals surface area contributed by atoms with E-state index in [0.717, 1.165) is 0 Å². The summed E-state index contributed by atoms with van der Waals surface area (Å²) in [5, 5.41) is 2.81. The number of esters is 1. The van der Waals surface area contributed by atoms with E-state index in [1.807, 2.05) is 6.07 Å². The summed E-state index contributed by atoms with van der Waals surface area (Å²) in [6, 6.07) is 8.83. The van der Waals surface area contributed by atoms with Crippen molar-refractivity contribution in [1.82, 2.24) is 10.2 Å². The number of hydrogen-bond acceptors (Lipinski definition) is 5. The summed E-state index contributed by atoms with van der Waals surface area (Å²) in [5.41, 5.74) is 0. The highest BCUT2D eigenvalue weighted by Crippen LogP contribution is 2.13. The molecule has 0 unspecified atom stereocenters. The number of carbonyl (C=O) groups is 3. The molecule has 1 aromatic carbocycles. The number of ether oxygens (including phenoxy) is 2. The predicted molar refractivity (Wildman–Crippen MR) is 86.5 cm³/mol. The van der Waals surface area contributed by atoms with Gasteiger partial charge in [-0.15, -0.1) is 0 Å². The molecule has 1 fully saturated rings. The van der Waals surface area contributed by atoms with Crippen LogP contribution in [0.5, 0.6) is 5.75 Å². The van der Waals surface area contributed by atoms with Crippen molar-refractivity contribution in [3.05, 3.63) is 30.3 Å². The fourth-order valence-electron chi connectivity index (χ4n) is 2.53. The zero-order valence-corrected chi connectivity index (χ0v) is 13.7. The topological polar surface area (TPSA) is 84.9 Å².